The van der Waals surface area contributed by atoms with Gasteiger partial charge in [-0.3, -0.25) is 4.79 Å². The molecule has 2 heteroatoms. The van der Waals surface area contributed by atoms with Crippen LogP contribution in [0.2, 0.25) is 0 Å². The Kier molecular flexibility index (Phi) is 3.08. The maximum absolute atomic E-state index is 12.3. The summed E-state index contributed by atoms with van der Waals surface area (Å²) in [7, 11) is 0. The first kappa shape index (κ1) is 13.9. The zero-order valence-corrected chi connectivity index (χ0v) is 12.7. The van der Waals surface area contributed by atoms with Crippen LogP contribution in [0.4, 0.5) is 0 Å². The molecule has 2 aromatic rings. The summed E-state index contributed by atoms with van der Waals surface area (Å²) in [6.07, 6.45) is 0. The van der Waals surface area contributed by atoms with E-state index in [-0.39, 0.29) is 16.3 Å². The number of hydrogen-bond donors (Lipinski definition) is 1. The van der Waals surface area contributed by atoms with Crippen LogP contribution in [0.25, 0.3) is 10.9 Å². The molecule has 1 aromatic heterocycles. The Hall–Kier alpha value is -1.57. The molecule has 0 aliphatic heterocycles. The number of pyridine rings is 1. The Morgan fingerprint density at radius 1 is 0.947 bits per heavy atom. The number of aromatic amines is 1. The van der Waals surface area contributed by atoms with Crippen LogP contribution in [0, 0.1) is 0 Å². The maximum atomic E-state index is 12.3. The van der Waals surface area contributed by atoms with Crippen LogP contribution in [0.3, 0.4) is 0 Å². The van der Waals surface area contributed by atoms with Gasteiger partial charge < -0.3 is 4.98 Å². The molecule has 0 unspecified atom stereocenters. The second kappa shape index (κ2) is 4.22. The highest BCUT2D eigenvalue weighted by Crippen LogP contribution is 2.29. The summed E-state index contributed by atoms with van der Waals surface area (Å²) in [5, 5.41) is 0.778. The van der Waals surface area contributed by atoms with Crippen molar-refractivity contribution in [1.29, 1.82) is 0 Å². The lowest BCUT2D eigenvalue weighted by Crippen LogP contribution is -2.20. The minimum atomic E-state index is -0.0572. The van der Waals surface area contributed by atoms with Crippen molar-refractivity contribution in [2.24, 2.45) is 0 Å². The fourth-order valence-corrected chi connectivity index (χ4v) is 2.30. The van der Waals surface area contributed by atoms with Gasteiger partial charge >= 0.3 is 0 Å². The Labute approximate surface area is 114 Å². The van der Waals surface area contributed by atoms with E-state index < -0.39 is 0 Å². The summed E-state index contributed by atoms with van der Waals surface area (Å²) < 4.78 is 0. The second-order valence-corrected chi connectivity index (χ2v) is 7.28. The molecular formula is C17H23NO. The third-order valence-corrected chi connectivity index (χ3v) is 3.48. The van der Waals surface area contributed by atoms with Crippen molar-refractivity contribution in [2.75, 3.05) is 0 Å². The van der Waals surface area contributed by atoms with E-state index in [0.717, 1.165) is 16.6 Å². The van der Waals surface area contributed by atoms with Crippen molar-refractivity contribution in [3.05, 3.63) is 45.7 Å². The Bertz CT molecular complexity index is 666. The van der Waals surface area contributed by atoms with Gasteiger partial charge in [0, 0.05) is 22.6 Å². The number of benzene rings is 1. The minimum absolute atomic E-state index is 0.0129. The molecule has 1 heterocycles. The number of aromatic nitrogens is 1. The highest BCUT2D eigenvalue weighted by Gasteiger charge is 2.21. The normalized spacial score (nSPS) is 12.9. The first-order valence-corrected chi connectivity index (χ1v) is 6.78. The number of hydrogen-bond acceptors (Lipinski definition) is 1. The van der Waals surface area contributed by atoms with Gasteiger partial charge in [-0.25, -0.2) is 0 Å². The first-order valence-electron chi connectivity index (χ1n) is 6.78. The van der Waals surface area contributed by atoms with Crippen molar-refractivity contribution in [1.82, 2.24) is 4.98 Å². The molecular weight excluding hydrogens is 234 g/mol. The quantitative estimate of drug-likeness (QED) is 0.756. The molecule has 0 spiro atoms. The number of rotatable bonds is 0. The molecule has 102 valence electrons. The predicted molar refractivity (Wildman–Crippen MR) is 82.0 cm³/mol. The number of para-hydroxylation sites is 1. The van der Waals surface area contributed by atoms with E-state index in [2.05, 4.69) is 52.6 Å². The largest absolute Gasteiger partial charge is 0.357 e. The van der Waals surface area contributed by atoms with Gasteiger partial charge in [-0.1, -0.05) is 53.7 Å². The smallest absolute Gasteiger partial charge is 0.189 e. The summed E-state index contributed by atoms with van der Waals surface area (Å²) >= 11 is 0. The number of nitrogens with one attached hydrogen (secondary N) is 1. The molecule has 0 fully saturated rings. The van der Waals surface area contributed by atoms with E-state index in [1.807, 2.05) is 12.1 Å². The molecule has 1 aromatic carbocycles. The summed E-state index contributed by atoms with van der Waals surface area (Å²) in [6, 6.07) is 7.70. The third-order valence-electron chi connectivity index (χ3n) is 3.48. The maximum Gasteiger partial charge on any atom is 0.189 e. The SMILES string of the molecule is CC(C)(C)c1cc(=O)c2cccc(C(C)(C)C)c2[nH]1. The molecule has 0 saturated heterocycles. The van der Waals surface area contributed by atoms with E-state index in [0.29, 0.717) is 0 Å². The standard InChI is InChI=1S/C17H23NO/c1-16(2,3)12-9-7-8-11-13(19)10-14(17(4,5)6)18-15(11)12/h7-10H,1-6H3,(H,18,19). The van der Waals surface area contributed by atoms with Crippen LogP contribution >= 0.6 is 0 Å². The van der Waals surface area contributed by atoms with E-state index >= 15 is 0 Å². The van der Waals surface area contributed by atoms with Gasteiger partial charge in [-0.2, -0.15) is 0 Å². The molecule has 0 radical (unpaired) electrons. The zero-order valence-electron chi connectivity index (χ0n) is 12.7. The van der Waals surface area contributed by atoms with Crippen molar-refractivity contribution in [3.8, 4) is 0 Å². The molecule has 0 aliphatic carbocycles. The molecule has 0 amide bonds. The monoisotopic (exact) mass is 257 g/mol. The van der Waals surface area contributed by atoms with E-state index in [9.17, 15) is 4.79 Å². The molecule has 0 atom stereocenters. The topological polar surface area (TPSA) is 32.9 Å². The summed E-state index contributed by atoms with van der Waals surface area (Å²) in [5.41, 5.74) is 3.21. The summed E-state index contributed by atoms with van der Waals surface area (Å²) in [6.45, 7) is 12.9. The van der Waals surface area contributed by atoms with Crippen LogP contribution < -0.4 is 5.43 Å². The van der Waals surface area contributed by atoms with Gasteiger partial charge in [0.2, 0.25) is 0 Å². The van der Waals surface area contributed by atoms with E-state index in [4.69, 9.17) is 0 Å². The van der Waals surface area contributed by atoms with Gasteiger partial charge in [0.1, 0.15) is 0 Å². The van der Waals surface area contributed by atoms with Crippen molar-refractivity contribution in [2.45, 2.75) is 52.4 Å². The van der Waals surface area contributed by atoms with Gasteiger partial charge in [-0.15, -0.1) is 0 Å². The Morgan fingerprint density at radius 3 is 2.11 bits per heavy atom. The number of H-pyrrole nitrogens is 1. The highest BCUT2D eigenvalue weighted by atomic mass is 16.1. The van der Waals surface area contributed by atoms with Crippen LogP contribution in [0.1, 0.15) is 52.8 Å². The average Bonchev–Trinajstić information content (AvgIpc) is 2.25. The average molecular weight is 257 g/mol. The Morgan fingerprint density at radius 2 is 1.58 bits per heavy atom. The van der Waals surface area contributed by atoms with E-state index in [1.165, 1.54) is 5.56 Å². The molecule has 1 N–H and O–H groups in total. The fourth-order valence-electron chi connectivity index (χ4n) is 2.30. The van der Waals surface area contributed by atoms with Crippen LogP contribution in [-0.2, 0) is 10.8 Å². The van der Waals surface area contributed by atoms with Crippen LogP contribution in [0.5, 0.6) is 0 Å². The lowest BCUT2D eigenvalue weighted by Gasteiger charge is -2.24. The lowest BCUT2D eigenvalue weighted by molar-refractivity contribution is 0.567. The second-order valence-electron chi connectivity index (χ2n) is 7.28. The van der Waals surface area contributed by atoms with Crippen molar-refractivity contribution in [3.63, 3.8) is 0 Å². The third kappa shape index (κ3) is 2.58. The van der Waals surface area contributed by atoms with Gasteiger partial charge in [0.05, 0.1) is 5.52 Å². The highest BCUT2D eigenvalue weighted by molar-refractivity contribution is 5.82. The van der Waals surface area contributed by atoms with Crippen molar-refractivity contribution < 1.29 is 0 Å². The molecule has 0 aliphatic rings. The zero-order chi connectivity index (χ0) is 14.4. The molecule has 0 saturated carbocycles. The summed E-state index contributed by atoms with van der Waals surface area (Å²) in [4.78, 5) is 15.8. The Balaban J connectivity index is 2.89. The van der Waals surface area contributed by atoms with Crippen molar-refractivity contribution >= 4 is 10.9 Å². The van der Waals surface area contributed by atoms with Gasteiger partial charge in [0.15, 0.2) is 5.43 Å². The minimum Gasteiger partial charge on any atom is -0.357 e. The van der Waals surface area contributed by atoms with Crippen LogP contribution in [0.15, 0.2) is 29.1 Å². The molecule has 0 bridgehead atoms. The van der Waals surface area contributed by atoms with Gasteiger partial charge in [0.25, 0.3) is 0 Å². The van der Waals surface area contributed by atoms with E-state index in [1.54, 1.807) is 6.07 Å². The fraction of sp³-hybridized carbons (Fsp3) is 0.471. The predicted octanol–water partition coefficient (Wildman–Crippen LogP) is 4.12. The van der Waals surface area contributed by atoms with Crippen LogP contribution in [-0.4, -0.2) is 4.98 Å². The molecule has 2 nitrogen and oxygen atoms in total. The molecule has 19 heavy (non-hydrogen) atoms. The lowest BCUT2D eigenvalue weighted by atomic mass is 9.84. The first-order chi connectivity index (χ1) is 8.60. The number of fused-ring (bicyclic) bond motifs is 1. The van der Waals surface area contributed by atoms with Gasteiger partial charge in [-0.05, 0) is 17.0 Å². The summed E-state index contributed by atoms with van der Waals surface area (Å²) in [5.74, 6) is 0. The molecule has 2 rings (SSSR count).